The summed E-state index contributed by atoms with van der Waals surface area (Å²) in [6.45, 7) is 1.19. The summed E-state index contributed by atoms with van der Waals surface area (Å²) in [5.41, 5.74) is 1.76. The summed E-state index contributed by atoms with van der Waals surface area (Å²) >= 11 is 3.65. The Bertz CT molecular complexity index is 350. The van der Waals surface area contributed by atoms with Gasteiger partial charge in [0.2, 0.25) is 0 Å². The first kappa shape index (κ1) is 8.93. The van der Waals surface area contributed by atoms with Gasteiger partial charge in [0.05, 0.1) is 0 Å². The molecule has 0 amide bonds. The van der Waals surface area contributed by atoms with Gasteiger partial charge in [0.15, 0.2) is 0 Å². The molecule has 1 aromatic carbocycles. The molecule has 74 valence electrons. The van der Waals surface area contributed by atoms with Gasteiger partial charge < -0.3 is 5.32 Å². The van der Waals surface area contributed by atoms with Gasteiger partial charge in [0.25, 0.3) is 0 Å². The van der Waals surface area contributed by atoms with Crippen molar-refractivity contribution in [3.8, 4) is 0 Å². The van der Waals surface area contributed by atoms with E-state index in [9.17, 15) is 0 Å². The second kappa shape index (κ2) is 3.07. The summed E-state index contributed by atoms with van der Waals surface area (Å²) in [6, 6.07) is 8.62. The molecule has 1 aromatic rings. The lowest BCUT2D eigenvalue weighted by Crippen LogP contribution is -2.58. The van der Waals surface area contributed by atoms with Gasteiger partial charge in [-0.2, -0.15) is 0 Å². The highest BCUT2D eigenvalue weighted by atomic mass is 79.9. The van der Waals surface area contributed by atoms with Crippen molar-refractivity contribution < 1.29 is 0 Å². The van der Waals surface area contributed by atoms with Crippen LogP contribution in [0.5, 0.6) is 0 Å². The Morgan fingerprint density at radius 3 is 2.71 bits per heavy atom. The smallest absolute Gasteiger partial charge is 0.0451 e. The van der Waals surface area contributed by atoms with Gasteiger partial charge in [-0.25, -0.2) is 0 Å². The van der Waals surface area contributed by atoms with Crippen LogP contribution in [0.4, 0.5) is 0 Å². The van der Waals surface area contributed by atoms with E-state index in [1.807, 2.05) is 0 Å². The molecule has 0 atom stereocenters. The number of nitrogens with one attached hydrogen (secondary N) is 1. The van der Waals surface area contributed by atoms with Crippen molar-refractivity contribution >= 4 is 15.9 Å². The molecule has 2 heterocycles. The molecule has 3 fully saturated rings. The Balaban J connectivity index is 1.99. The Morgan fingerprint density at radius 1 is 1.29 bits per heavy atom. The summed E-state index contributed by atoms with van der Waals surface area (Å²) in [5, 5.41) is 3.69. The summed E-state index contributed by atoms with van der Waals surface area (Å²) in [6.07, 6.45) is 4.03. The van der Waals surface area contributed by atoms with Crippen molar-refractivity contribution in [2.75, 3.05) is 6.54 Å². The standard InChI is InChI=1S/C12H14BrN/c13-11-4-2-1-3-10(11)12-7-9(8-12)5-6-14-12/h1-4,9,14H,5-8H2. The third-order valence-electron chi connectivity index (χ3n) is 3.68. The summed E-state index contributed by atoms with van der Waals surface area (Å²) in [7, 11) is 0. The molecule has 2 bridgehead atoms. The molecule has 0 radical (unpaired) electrons. The Hall–Kier alpha value is -0.340. The predicted molar refractivity (Wildman–Crippen MR) is 61.2 cm³/mol. The second-order valence-corrected chi connectivity index (χ2v) is 5.41. The fourth-order valence-electron chi connectivity index (χ4n) is 2.95. The summed E-state index contributed by atoms with van der Waals surface area (Å²) in [4.78, 5) is 0. The van der Waals surface area contributed by atoms with Crippen LogP contribution >= 0.6 is 15.9 Å². The van der Waals surface area contributed by atoms with Crippen LogP contribution < -0.4 is 5.32 Å². The lowest BCUT2D eigenvalue weighted by molar-refractivity contribution is 0.0496. The van der Waals surface area contributed by atoms with E-state index in [4.69, 9.17) is 0 Å². The van der Waals surface area contributed by atoms with E-state index in [1.165, 1.54) is 35.8 Å². The molecule has 0 unspecified atom stereocenters. The largest absolute Gasteiger partial charge is 0.307 e. The lowest BCUT2D eigenvalue weighted by Gasteiger charge is -2.54. The third kappa shape index (κ3) is 1.17. The minimum absolute atomic E-state index is 0.309. The zero-order valence-electron chi connectivity index (χ0n) is 8.09. The quantitative estimate of drug-likeness (QED) is 0.810. The van der Waals surface area contributed by atoms with E-state index in [0.29, 0.717) is 5.54 Å². The van der Waals surface area contributed by atoms with Crippen molar-refractivity contribution in [1.29, 1.82) is 0 Å². The van der Waals surface area contributed by atoms with E-state index in [-0.39, 0.29) is 0 Å². The van der Waals surface area contributed by atoms with Crippen LogP contribution in [0.1, 0.15) is 24.8 Å². The Labute approximate surface area is 93.0 Å². The zero-order chi connectivity index (χ0) is 9.60. The first-order valence-electron chi connectivity index (χ1n) is 5.30. The van der Waals surface area contributed by atoms with Crippen LogP contribution in [-0.4, -0.2) is 6.54 Å². The van der Waals surface area contributed by atoms with E-state index < -0.39 is 0 Å². The minimum atomic E-state index is 0.309. The topological polar surface area (TPSA) is 12.0 Å². The molecule has 2 aliphatic heterocycles. The number of piperidine rings is 2. The molecule has 1 aliphatic carbocycles. The molecule has 14 heavy (non-hydrogen) atoms. The maximum absolute atomic E-state index is 3.69. The van der Waals surface area contributed by atoms with Crippen LogP contribution in [0.25, 0.3) is 0 Å². The molecule has 0 spiro atoms. The maximum atomic E-state index is 3.69. The predicted octanol–water partition coefficient (Wildman–Crippen LogP) is 3.05. The molecule has 1 saturated carbocycles. The minimum Gasteiger partial charge on any atom is -0.307 e. The number of fused-ring (bicyclic) bond motifs is 2. The lowest BCUT2D eigenvalue weighted by atomic mass is 9.61. The molecule has 2 saturated heterocycles. The van der Waals surface area contributed by atoms with Gasteiger partial charge in [-0.3, -0.25) is 0 Å². The van der Waals surface area contributed by atoms with E-state index in [1.54, 1.807) is 0 Å². The van der Waals surface area contributed by atoms with Crippen LogP contribution in [-0.2, 0) is 5.54 Å². The molecule has 1 N–H and O–H groups in total. The molecule has 0 aromatic heterocycles. The van der Waals surface area contributed by atoms with Crippen LogP contribution in [0, 0.1) is 5.92 Å². The summed E-state index contributed by atoms with van der Waals surface area (Å²) < 4.78 is 1.26. The molecule has 3 aliphatic rings. The molecule has 2 heteroatoms. The highest BCUT2D eigenvalue weighted by Crippen LogP contribution is 2.51. The number of halogens is 1. The fourth-order valence-corrected chi connectivity index (χ4v) is 3.62. The molecule has 4 rings (SSSR count). The van der Waals surface area contributed by atoms with Gasteiger partial charge in [-0.1, -0.05) is 34.1 Å². The zero-order valence-corrected chi connectivity index (χ0v) is 9.68. The average molecular weight is 252 g/mol. The van der Waals surface area contributed by atoms with Gasteiger partial charge in [-0.05, 0) is 43.4 Å². The SMILES string of the molecule is Brc1ccccc1C12CC(CCN1)C2. The fraction of sp³-hybridized carbons (Fsp3) is 0.500. The number of hydrogen-bond donors (Lipinski definition) is 1. The van der Waals surface area contributed by atoms with Crippen LogP contribution in [0.15, 0.2) is 28.7 Å². The first-order chi connectivity index (χ1) is 6.80. The molecular weight excluding hydrogens is 238 g/mol. The van der Waals surface area contributed by atoms with Gasteiger partial charge in [0, 0.05) is 10.0 Å². The first-order valence-corrected chi connectivity index (χ1v) is 6.09. The Kier molecular flexibility index (Phi) is 1.96. The molecular formula is C12H14BrN. The van der Waals surface area contributed by atoms with Crippen molar-refractivity contribution in [1.82, 2.24) is 5.32 Å². The number of hydrogen-bond acceptors (Lipinski definition) is 1. The third-order valence-corrected chi connectivity index (χ3v) is 4.37. The normalized spacial score (nSPS) is 35.1. The Morgan fingerprint density at radius 2 is 2.07 bits per heavy atom. The average Bonchev–Trinajstić information content (AvgIpc) is 2.18. The number of benzene rings is 1. The van der Waals surface area contributed by atoms with Crippen LogP contribution in [0.3, 0.4) is 0 Å². The highest BCUT2D eigenvalue weighted by molar-refractivity contribution is 9.10. The highest BCUT2D eigenvalue weighted by Gasteiger charge is 2.48. The van der Waals surface area contributed by atoms with Crippen molar-refractivity contribution in [2.45, 2.75) is 24.8 Å². The monoisotopic (exact) mass is 251 g/mol. The van der Waals surface area contributed by atoms with Crippen LogP contribution in [0.2, 0.25) is 0 Å². The van der Waals surface area contributed by atoms with Gasteiger partial charge in [-0.15, -0.1) is 0 Å². The van der Waals surface area contributed by atoms with E-state index >= 15 is 0 Å². The van der Waals surface area contributed by atoms with Gasteiger partial charge in [0.1, 0.15) is 0 Å². The van der Waals surface area contributed by atoms with Crippen molar-refractivity contribution in [3.05, 3.63) is 34.3 Å². The second-order valence-electron chi connectivity index (χ2n) is 4.55. The van der Waals surface area contributed by atoms with E-state index in [2.05, 4.69) is 45.5 Å². The molecule has 1 nitrogen and oxygen atoms in total. The van der Waals surface area contributed by atoms with Gasteiger partial charge >= 0.3 is 0 Å². The van der Waals surface area contributed by atoms with E-state index in [0.717, 1.165) is 5.92 Å². The van der Waals surface area contributed by atoms with Crippen molar-refractivity contribution in [3.63, 3.8) is 0 Å². The summed E-state index contributed by atoms with van der Waals surface area (Å²) in [5.74, 6) is 0.975. The number of rotatable bonds is 1. The maximum Gasteiger partial charge on any atom is 0.0451 e. The van der Waals surface area contributed by atoms with Crippen molar-refractivity contribution in [2.24, 2.45) is 5.92 Å².